The Kier molecular flexibility index (Phi) is 3.78. The van der Waals surface area contributed by atoms with Crippen LogP contribution in [0.3, 0.4) is 0 Å². The van der Waals surface area contributed by atoms with E-state index in [2.05, 4.69) is 32.0 Å². The summed E-state index contributed by atoms with van der Waals surface area (Å²) in [5.41, 5.74) is 8.71. The number of aromatic amines is 1. The third-order valence-electron chi connectivity index (χ3n) is 4.09. The fourth-order valence-corrected chi connectivity index (χ4v) is 3.57. The molecule has 1 heterocycles. The molecule has 3 rings (SSSR count). The fraction of sp³-hybridized carbons (Fsp3) is 0.533. The Bertz CT molecular complexity index is 568. The zero-order valence-electron chi connectivity index (χ0n) is 11.1. The number of rotatable bonds is 2. The second kappa shape index (κ2) is 5.53. The molecule has 1 aliphatic carbocycles. The second-order valence-electron chi connectivity index (χ2n) is 5.64. The molecule has 1 aromatic carbocycles. The van der Waals surface area contributed by atoms with Crippen LogP contribution in [0, 0.1) is 5.92 Å². The van der Waals surface area contributed by atoms with Crippen LogP contribution in [-0.4, -0.2) is 9.97 Å². The van der Waals surface area contributed by atoms with E-state index in [-0.39, 0.29) is 0 Å². The summed E-state index contributed by atoms with van der Waals surface area (Å²) in [5, 5.41) is 0. The summed E-state index contributed by atoms with van der Waals surface area (Å²) >= 11 is 3.47. The van der Waals surface area contributed by atoms with Gasteiger partial charge in [0, 0.05) is 10.9 Å². The lowest BCUT2D eigenvalue weighted by Crippen LogP contribution is -2.04. The molecule has 19 heavy (non-hydrogen) atoms. The van der Waals surface area contributed by atoms with Crippen molar-refractivity contribution in [1.29, 1.82) is 0 Å². The molecule has 3 N–H and O–H groups in total. The smallest absolute Gasteiger partial charge is 0.112 e. The second-order valence-corrected chi connectivity index (χ2v) is 6.55. The molecule has 0 saturated heterocycles. The van der Waals surface area contributed by atoms with Crippen molar-refractivity contribution in [3.63, 3.8) is 0 Å². The van der Waals surface area contributed by atoms with Crippen LogP contribution >= 0.6 is 15.9 Å². The Morgan fingerprint density at radius 3 is 2.68 bits per heavy atom. The number of hydrogen-bond acceptors (Lipinski definition) is 2. The van der Waals surface area contributed by atoms with Crippen molar-refractivity contribution < 1.29 is 0 Å². The van der Waals surface area contributed by atoms with Crippen LogP contribution in [0.5, 0.6) is 0 Å². The Labute approximate surface area is 122 Å². The van der Waals surface area contributed by atoms with Crippen molar-refractivity contribution in [2.45, 2.75) is 44.9 Å². The number of H-pyrrole nitrogens is 1. The van der Waals surface area contributed by atoms with Crippen LogP contribution in [0.2, 0.25) is 0 Å². The Morgan fingerprint density at radius 2 is 1.95 bits per heavy atom. The fourth-order valence-electron chi connectivity index (χ4n) is 3.10. The van der Waals surface area contributed by atoms with E-state index in [4.69, 9.17) is 5.73 Å². The summed E-state index contributed by atoms with van der Waals surface area (Å²) in [7, 11) is 0. The molecule has 3 nitrogen and oxygen atoms in total. The highest BCUT2D eigenvalue weighted by molar-refractivity contribution is 9.10. The standard InChI is InChI=1S/C15H20BrN3/c16-11-8-12(17)15-13(9-11)18-14(19-15)7-10-5-3-1-2-4-6-10/h8-10H,1-7,17H2,(H,18,19). The number of nitrogens with one attached hydrogen (secondary N) is 1. The Hall–Kier alpha value is -1.03. The van der Waals surface area contributed by atoms with Gasteiger partial charge in [0.25, 0.3) is 0 Å². The molecule has 102 valence electrons. The summed E-state index contributed by atoms with van der Waals surface area (Å²) in [6, 6.07) is 3.97. The highest BCUT2D eigenvalue weighted by Crippen LogP contribution is 2.28. The van der Waals surface area contributed by atoms with Gasteiger partial charge in [-0.1, -0.05) is 54.5 Å². The van der Waals surface area contributed by atoms with Crippen LogP contribution in [0.4, 0.5) is 5.69 Å². The first-order valence-electron chi connectivity index (χ1n) is 7.16. The highest BCUT2D eigenvalue weighted by Gasteiger charge is 2.15. The highest BCUT2D eigenvalue weighted by atomic mass is 79.9. The first-order chi connectivity index (χ1) is 9.22. The van der Waals surface area contributed by atoms with Crippen molar-refractivity contribution in [3.05, 3.63) is 22.4 Å². The SMILES string of the molecule is Nc1cc(Br)cc2[nH]c(CC3CCCCCC3)nc12. The third kappa shape index (κ3) is 2.94. The maximum atomic E-state index is 6.02. The first kappa shape index (κ1) is 13.0. The number of halogens is 1. The van der Waals surface area contributed by atoms with Crippen LogP contribution in [-0.2, 0) is 6.42 Å². The van der Waals surface area contributed by atoms with Crippen LogP contribution in [0.1, 0.15) is 44.3 Å². The topological polar surface area (TPSA) is 54.7 Å². The van der Waals surface area contributed by atoms with Crippen molar-refractivity contribution in [3.8, 4) is 0 Å². The van der Waals surface area contributed by atoms with E-state index in [1.807, 2.05) is 6.07 Å². The molecule has 1 aromatic heterocycles. The average molecular weight is 322 g/mol. The van der Waals surface area contributed by atoms with Gasteiger partial charge in [-0.3, -0.25) is 0 Å². The van der Waals surface area contributed by atoms with Gasteiger partial charge in [0.2, 0.25) is 0 Å². The van der Waals surface area contributed by atoms with E-state index in [0.717, 1.165) is 39.4 Å². The number of hydrogen-bond donors (Lipinski definition) is 2. The van der Waals surface area contributed by atoms with Gasteiger partial charge in [0.1, 0.15) is 11.3 Å². The van der Waals surface area contributed by atoms with E-state index in [9.17, 15) is 0 Å². The molecule has 0 amide bonds. The molecule has 0 aliphatic heterocycles. The predicted octanol–water partition coefficient (Wildman–Crippen LogP) is 4.42. The molecule has 0 radical (unpaired) electrons. The van der Waals surface area contributed by atoms with E-state index in [1.165, 1.54) is 38.5 Å². The van der Waals surface area contributed by atoms with Gasteiger partial charge < -0.3 is 10.7 Å². The minimum absolute atomic E-state index is 0.743. The lowest BCUT2D eigenvalue weighted by Gasteiger charge is -2.11. The Morgan fingerprint density at radius 1 is 1.21 bits per heavy atom. The van der Waals surface area contributed by atoms with Crippen molar-refractivity contribution in [2.24, 2.45) is 5.92 Å². The number of fused-ring (bicyclic) bond motifs is 1. The van der Waals surface area contributed by atoms with Gasteiger partial charge in [0.05, 0.1) is 11.2 Å². The van der Waals surface area contributed by atoms with Crippen molar-refractivity contribution in [1.82, 2.24) is 9.97 Å². The third-order valence-corrected chi connectivity index (χ3v) is 4.54. The number of aromatic nitrogens is 2. The lowest BCUT2D eigenvalue weighted by atomic mass is 9.96. The molecule has 0 spiro atoms. The zero-order valence-corrected chi connectivity index (χ0v) is 12.7. The Balaban J connectivity index is 1.83. The van der Waals surface area contributed by atoms with E-state index >= 15 is 0 Å². The van der Waals surface area contributed by atoms with Gasteiger partial charge in [-0.25, -0.2) is 4.98 Å². The van der Waals surface area contributed by atoms with Crippen LogP contribution in [0.15, 0.2) is 16.6 Å². The molecule has 0 unspecified atom stereocenters. The molecule has 0 atom stereocenters. The molecule has 1 fully saturated rings. The minimum Gasteiger partial charge on any atom is -0.397 e. The quantitative estimate of drug-likeness (QED) is 0.635. The maximum absolute atomic E-state index is 6.02. The normalized spacial score (nSPS) is 17.7. The largest absolute Gasteiger partial charge is 0.397 e. The molecule has 1 saturated carbocycles. The number of nitrogens with two attached hydrogens (primary N) is 1. The van der Waals surface area contributed by atoms with Crippen LogP contribution in [0.25, 0.3) is 11.0 Å². The first-order valence-corrected chi connectivity index (χ1v) is 7.95. The monoisotopic (exact) mass is 321 g/mol. The number of anilines is 1. The number of benzene rings is 1. The van der Waals surface area contributed by atoms with Crippen molar-refractivity contribution in [2.75, 3.05) is 5.73 Å². The number of nitrogen functional groups attached to an aromatic ring is 1. The molecule has 4 heteroatoms. The molecule has 2 aromatic rings. The predicted molar refractivity (Wildman–Crippen MR) is 83.1 cm³/mol. The number of nitrogens with zero attached hydrogens (tertiary/aromatic N) is 1. The lowest BCUT2D eigenvalue weighted by molar-refractivity contribution is 0.450. The van der Waals surface area contributed by atoms with Gasteiger partial charge >= 0.3 is 0 Å². The summed E-state index contributed by atoms with van der Waals surface area (Å²) < 4.78 is 1.00. The van der Waals surface area contributed by atoms with Crippen LogP contribution < -0.4 is 5.73 Å². The minimum atomic E-state index is 0.743. The average Bonchev–Trinajstić information content (AvgIpc) is 2.58. The van der Waals surface area contributed by atoms with E-state index < -0.39 is 0 Å². The molecular formula is C15H20BrN3. The van der Waals surface area contributed by atoms with Gasteiger partial charge in [0.15, 0.2) is 0 Å². The van der Waals surface area contributed by atoms with E-state index in [0.29, 0.717) is 0 Å². The summed E-state index contributed by atoms with van der Waals surface area (Å²) in [4.78, 5) is 8.10. The maximum Gasteiger partial charge on any atom is 0.112 e. The molecular weight excluding hydrogens is 302 g/mol. The van der Waals surface area contributed by atoms with Crippen molar-refractivity contribution >= 4 is 32.7 Å². The zero-order chi connectivity index (χ0) is 13.2. The molecule has 0 bridgehead atoms. The summed E-state index contributed by atoms with van der Waals surface area (Å²) in [6.45, 7) is 0. The summed E-state index contributed by atoms with van der Waals surface area (Å²) in [5.74, 6) is 1.87. The molecule has 1 aliphatic rings. The van der Waals surface area contributed by atoms with Gasteiger partial charge in [-0.15, -0.1) is 0 Å². The number of imidazole rings is 1. The van der Waals surface area contributed by atoms with E-state index in [1.54, 1.807) is 0 Å². The summed E-state index contributed by atoms with van der Waals surface area (Å²) in [6.07, 6.45) is 9.29. The van der Waals surface area contributed by atoms with Gasteiger partial charge in [-0.2, -0.15) is 0 Å². The van der Waals surface area contributed by atoms with Gasteiger partial charge in [-0.05, 0) is 18.1 Å².